The zero-order valence-corrected chi connectivity index (χ0v) is 13.1. The number of esters is 1. The first kappa shape index (κ1) is 20.1. The zero-order valence-electron chi connectivity index (χ0n) is 12.3. The van der Waals surface area contributed by atoms with Gasteiger partial charge < -0.3 is 19.1 Å². The molecule has 23 heavy (non-hydrogen) atoms. The summed E-state index contributed by atoms with van der Waals surface area (Å²) >= 11 is 0. The standard InChI is InChI=1S/C12H19F3O7S/c1-2-21-10(16)8-4-3-7(23(18,19)20)5-9(8)11(17)22-6-12(13,14)15/h7-10,16H,2-6H2,1H3,(H,18,19,20)/p-1. The lowest BCUT2D eigenvalue weighted by Gasteiger charge is -2.37. The summed E-state index contributed by atoms with van der Waals surface area (Å²) in [4.78, 5) is 11.9. The van der Waals surface area contributed by atoms with Crippen LogP contribution in [0.2, 0.25) is 0 Å². The van der Waals surface area contributed by atoms with E-state index >= 15 is 0 Å². The van der Waals surface area contributed by atoms with Crippen molar-refractivity contribution < 1.29 is 45.5 Å². The third-order valence-electron chi connectivity index (χ3n) is 3.65. The highest BCUT2D eigenvalue weighted by Gasteiger charge is 2.43. The Morgan fingerprint density at radius 3 is 2.48 bits per heavy atom. The van der Waals surface area contributed by atoms with Crippen molar-refractivity contribution in [3.05, 3.63) is 0 Å². The first-order valence-corrected chi connectivity index (χ1v) is 8.40. The van der Waals surface area contributed by atoms with E-state index in [1.54, 1.807) is 6.92 Å². The highest BCUT2D eigenvalue weighted by Crippen LogP contribution is 2.36. The molecule has 0 aromatic carbocycles. The molecule has 0 aliphatic heterocycles. The summed E-state index contributed by atoms with van der Waals surface area (Å²) in [5.74, 6) is -3.60. The largest absolute Gasteiger partial charge is 0.748 e. The summed E-state index contributed by atoms with van der Waals surface area (Å²) in [7, 11) is -4.70. The molecular formula is C12H18F3O7S-. The van der Waals surface area contributed by atoms with Crippen LogP contribution in [0, 0.1) is 11.8 Å². The van der Waals surface area contributed by atoms with Crippen molar-refractivity contribution in [1.29, 1.82) is 0 Å². The lowest BCUT2D eigenvalue weighted by molar-refractivity contribution is -0.198. The molecule has 1 rings (SSSR count). The van der Waals surface area contributed by atoms with E-state index in [9.17, 15) is 36.0 Å². The minimum atomic E-state index is -4.73. The van der Waals surface area contributed by atoms with Crippen molar-refractivity contribution in [2.45, 2.75) is 43.9 Å². The van der Waals surface area contributed by atoms with Crippen LogP contribution in [0.3, 0.4) is 0 Å². The highest BCUT2D eigenvalue weighted by molar-refractivity contribution is 7.86. The average molecular weight is 363 g/mol. The van der Waals surface area contributed by atoms with Crippen molar-refractivity contribution in [3.63, 3.8) is 0 Å². The van der Waals surface area contributed by atoms with Crippen molar-refractivity contribution in [2.75, 3.05) is 13.2 Å². The molecule has 1 aliphatic rings. The molecule has 136 valence electrons. The Labute approximate surface area is 131 Å². The predicted octanol–water partition coefficient (Wildman–Crippen LogP) is 0.777. The number of ether oxygens (including phenoxy) is 2. The molecule has 0 bridgehead atoms. The summed E-state index contributed by atoms with van der Waals surface area (Å²) in [6.45, 7) is -0.173. The van der Waals surface area contributed by atoms with Crippen LogP contribution in [0.5, 0.6) is 0 Å². The second-order valence-electron chi connectivity index (χ2n) is 5.27. The van der Waals surface area contributed by atoms with Crippen LogP contribution in [-0.4, -0.2) is 55.0 Å². The van der Waals surface area contributed by atoms with Crippen molar-refractivity contribution in [3.8, 4) is 0 Å². The van der Waals surface area contributed by atoms with Crippen LogP contribution < -0.4 is 0 Å². The molecule has 1 saturated carbocycles. The Morgan fingerprint density at radius 2 is 2.00 bits per heavy atom. The van der Waals surface area contributed by atoms with Gasteiger partial charge >= 0.3 is 12.1 Å². The molecule has 1 aliphatic carbocycles. The third-order valence-corrected chi connectivity index (χ3v) is 4.89. The van der Waals surface area contributed by atoms with Crippen molar-refractivity contribution in [1.82, 2.24) is 0 Å². The van der Waals surface area contributed by atoms with E-state index in [0.29, 0.717) is 0 Å². The Balaban J connectivity index is 2.88. The van der Waals surface area contributed by atoms with E-state index in [1.807, 2.05) is 0 Å². The maximum Gasteiger partial charge on any atom is 0.422 e. The number of rotatable bonds is 6. The van der Waals surface area contributed by atoms with Gasteiger partial charge in [-0.25, -0.2) is 8.42 Å². The number of aliphatic hydroxyl groups excluding tert-OH is 1. The number of aliphatic hydroxyl groups is 1. The second-order valence-corrected chi connectivity index (χ2v) is 6.92. The highest BCUT2D eigenvalue weighted by atomic mass is 32.2. The molecule has 1 N–H and O–H groups in total. The van der Waals surface area contributed by atoms with Crippen LogP contribution in [0.25, 0.3) is 0 Å². The van der Waals surface area contributed by atoms with E-state index in [0.717, 1.165) is 0 Å². The fraction of sp³-hybridized carbons (Fsp3) is 0.917. The number of halogens is 3. The van der Waals surface area contributed by atoms with Gasteiger partial charge in [-0.3, -0.25) is 4.79 Å². The molecule has 0 radical (unpaired) electrons. The lowest BCUT2D eigenvalue weighted by Crippen LogP contribution is -2.43. The Morgan fingerprint density at radius 1 is 1.39 bits per heavy atom. The molecule has 0 spiro atoms. The molecule has 0 amide bonds. The van der Waals surface area contributed by atoms with Gasteiger partial charge in [0.1, 0.15) is 0 Å². The number of carbonyl (C=O) groups excluding carboxylic acids is 1. The van der Waals surface area contributed by atoms with Gasteiger partial charge in [-0.2, -0.15) is 13.2 Å². The monoisotopic (exact) mass is 363 g/mol. The van der Waals surface area contributed by atoms with Gasteiger partial charge in [0, 0.05) is 12.5 Å². The van der Waals surface area contributed by atoms with Gasteiger partial charge in [0.05, 0.1) is 21.3 Å². The molecule has 0 saturated heterocycles. The van der Waals surface area contributed by atoms with E-state index in [4.69, 9.17) is 4.74 Å². The number of hydrogen-bond acceptors (Lipinski definition) is 7. The Kier molecular flexibility index (Phi) is 6.81. The molecule has 0 heterocycles. The molecule has 4 atom stereocenters. The van der Waals surface area contributed by atoms with Crippen LogP contribution in [0.4, 0.5) is 13.2 Å². The zero-order chi connectivity index (χ0) is 17.8. The summed E-state index contributed by atoms with van der Waals surface area (Å²) in [6, 6.07) is 0. The first-order chi connectivity index (χ1) is 10.5. The molecule has 0 aromatic heterocycles. The van der Waals surface area contributed by atoms with Crippen LogP contribution in [-0.2, 0) is 24.4 Å². The molecule has 4 unspecified atom stereocenters. The van der Waals surface area contributed by atoms with Gasteiger partial charge in [-0.05, 0) is 26.2 Å². The van der Waals surface area contributed by atoms with Gasteiger partial charge in [0.2, 0.25) is 0 Å². The van der Waals surface area contributed by atoms with Crippen molar-refractivity contribution >= 4 is 16.1 Å². The predicted molar refractivity (Wildman–Crippen MR) is 69.0 cm³/mol. The Hall–Kier alpha value is -0.910. The third kappa shape index (κ3) is 6.24. The maximum absolute atomic E-state index is 12.1. The smallest absolute Gasteiger partial charge is 0.422 e. The lowest BCUT2D eigenvalue weighted by atomic mass is 9.78. The number of hydrogen-bond donors (Lipinski definition) is 1. The summed E-state index contributed by atoms with van der Waals surface area (Å²) in [6.07, 6.45) is -6.86. The second kappa shape index (κ2) is 7.77. The quantitative estimate of drug-likeness (QED) is 0.421. The summed E-state index contributed by atoms with van der Waals surface area (Å²) in [5.41, 5.74) is 0. The maximum atomic E-state index is 12.1. The van der Waals surface area contributed by atoms with E-state index in [-0.39, 0.29) is 19.4 Å². The van der Waals surface area contributed by atoms with E-state index < -0.39 is 58.7 Å². The fourth-order valence-electron chi connectivity index (χ4n) is 2.58. The molecule has 0 aromatic rings. The minimum absolute atomic E-state index is 0.0565. The minimum Gasteiger partial charge on any atom is -0.748 e. The molecule has 11 heteroatoms. The van der Waals surface area contributed by atoms with Crippen LogP contribution in [0.1, 0.15) is 26.2 Å². The fourth-order valence-corrected chi connectivity index (χ4v) is 3.45. The van der Waals surface area contributed by atoms with Crippen molar-refractivity contribution in [2.24, 2.45) is 11.8 Å². The number of carbonyl (C=O) groups is 1. The SMILES string of the molecule is CCOC(O)C1CCC(S(=O)(=O)[O-])CC1C(=O)OCC(F)(F)F. The van der Waals surface area contributed by atoms with E-state index in [1.165, 1.54) is 0 Å². The molecular weight excluding hydrogens is 345 g/mol. The number of alkyl halides is 3. The van der Waals surface area contributed by atoms with Gasteiger partial charge in [0.15, 0.2) is 12.9 Å². The van der Waals surface area contributed by atoms with Gasteiger partial charge in [-0.15, -0.1) is 0 Å². The van der Waals surface area contributed by atoms with E-state index in [2.05, 4.69) is 4.74 Å². The van der Waals surface area contributed by atoms with Crippen LogP contribution >= 0.6 is 0 Å². The van der Waals surface area contributed by atoms with Gasteiger partial charge in [0.25, 0.3) is 0 Å². The topological polar surface area (TPSA) is 113 Å². The average Bonchev–Trinajstić information content (AvgIpc) is 2.42. The van der Waals surface area contributed by atoms with Crippen LogP contribution in [0.15, 0.2) is 0 Å². The molecule has 1 fully saturated rings. The first-order valence-electron chi connectivity index (χ1n) is 6.93. The van der Waals surface area contributed by atoms with Gasteiger partial charge in [-0.1, -0.05) is 0 Å². The summed E-state index contributed by atoms with van der Waals surface area (Å²) < 4.78 is 78.7. The molecule has 7 nitrogen and oxygen atoms in total. The summed E-state index contributed by atoms with van der Waals surface area (Å²) in [5, 5.41) is 8.42. The normalized spacial score (nSPS) is 27.5. The Bertz CT molecular complexity index is 505.